The number of nitrogens with zero attached hydrogens (tertiary/aromatic N) is 1. The third-order valence-electron chi connectivity index (χ3n) is 3.13. The zero-order valence-corrected chi connectivity index (χ0v) is 8.89. The van der Waals surface area contributed by atoms with Crippen LogP contribution in [-0.2, 0) is 14.3 Å². The Labute approximate surface area is 89.0 Å². The van der Waals surface area contributed by atoms with Crippen molar-refractivity contribution < 1.29 is 19.4 Å². The molecular weight excluding hydrogens is 198 g/mol. The quantitative estimate of drug-likeness (QED) is 0.726. The highest BCUT2D eigenvalue weighted by atomic mass is 16.7. The second-order valence-electron chi connectivity index (χ2n) is 4.11. The van der Waals surface area contributed by atoms with Crippen LogP contribution >= 0.6 is 0 Å². The van der Waals surface area contributed by atoms with E-state index in [4.69, 9.17) is 14.6 Å². The first-order chi connectivity index (χ1) is 7.20. The number of carbonyl (C=O) groups is 1. The molecule has 86 valence electrons. The van der Waals surface area contributed by atoms with E-state index in [1.807, 2.05) is 0 Å². The van der Waals surface area contributed by atoms with Crippen molar-refractivity contribution >= 4 is 5.97 Å². The molecule has 3 unspecified atom stereocenters. The molecule has 2 aliphatic rings. The number of hydrogen-bond donors (Lipinski definition) is 1. The van der Waals surface area contributed by atoms with Gasteiger partial charge in [0, 0.05) is 12.5 Å². The van der Waals surface area contributed by atoms with E-state index in [1.165, 1.54) is 0 Å². The van der Waals surface area contributed by atoms with Gasteiger partial charge in [-0.2, -0.15) is 0 Å². The molecule has 0 bridgehead atoms. The third kappa shape index (κ3) is 2.30. The van der Waals surface area contributed by atoms with E-state index < -0.39 is 12.1 Å². The number of rotatable bonds is 3. The average Bonchev–Trinajstić information content (AvgIpc) is 2.86. The van der Waals surface area contributed by atoms with Crippen LogP contribution in [-0.4, -0.2) is 54.6 Å². The maximum atomic E-state index is 10.7. The Morgan fingerprint density at radius 1 is 1.60 bits per heavy atom. The molecule has 3 atom stereocenters. The number of ether oxygens (including phenoxy) is 2. The fraction of sp³-hybridized carbons (Fsp3) is 0.900. The Morgan fingerprint density at radius 2 is 2.40 bits per heavy atom. The van der Waals surface area contributed by atoms with E-state index in [9.17, 15) is 4.79 Å². The molecule has 0 aromatic carbocycles. The summed E-state index contributed by atoms with van der Waals surface area (Å²) in [7, 11) is 0. The van der Waals surface area contributed by atoms with Crippen LogP contribution in [0.4, 0.5) is 0 Å². The van der Waals surface area contributed by atoms with E-state index in [0.717, 1.165) is 26.1 Å². The highest BCUT2D eigenvalue weighted by Crippen LogP contribution is 2.26. The number of hydrogen-bond acceptors (Lipinski definition) is 4. The van der Waals surface area contributed by atoms with Crippen molar-refractivity contribution in [1.29, 1.82) is 0 Å². The smallest absolute Gasteiger partial charge is 0.335 e. The summed E-state index contributed by atoms with van der Waals surface area (Å²) in [5, 5.41) is 8.76. The number of carboxylic acids is 1. The van der Waals surface area contributed by atoms with Crippen LogP contribution in [0.3, 0.4) is 0 Å². The standard InChI is InChI=1S/C10H17NO4/c1-2-11-4-3-7(5-11)10-14-6-8(15-10)9(12)13/h7-8,10H,2-6H2,1H3,(H,12,13). The minimum absolute atomic E-state index is 0.183. The molecule has 2 heterocycles. The summed E-state index contributed by atoms with van der Waals surface area (Å²) in [5.74, 6) is -0.600. The van der Waals surface area contributed by atoms with Crippen LogP contribution in [0.5, 0.6) is 0 Å². The molecule has 5 nitrogen and oxygen atoms in total. The monoisotopic (exact) mass is 215 g/mol. The zero-order chi connectivity index (χ0) is 10.8. The van der Waals surface area contributed by atoms with Gasteiger partial charge in [-0.05, 0) is 19.5 Å². The Hall–Kier alpha value is -0.650. The molecular formula is C10H17NO4. The molecule has 5 heteroatoms. The molecule has 1 N–H and O–H groups in total. The predicted octanol–water partition coefficient (Wildman–Crippen LogP) is 0.154. The van der Waals surface area contributed by atoms with Gasteiger partial charge in [0.1, 0.15) is 0 Å². The van der Waals surface area contributed by atoms with Gasteiger partial charge in [-0.25, -0.2) is 4.79 Å². The van der Waals surface area contributed by atoms with Gasteiger partial charge in [-0.15, -0.1) is 0 Å². The van der Waals surface area contributed by atoms with Gasteiger partial charge in [0.05, 0.1) is 6.61 Å². The number of aliphatic carboxylic acids is 1. The van der Waals surface area contributed by atoms with Crippen molar-refractivity contribution in [2.45, 2.75) is 25.7 Å². The van der Waals surface area contributed by atoms with Crippen molar-refractivity contribution in [3.8, 4) is 0 Å². The highest BCUT2D eigenvalue weighted by Gasteiger charge is 2.38. The molecule has 0 aliphatic carbocycles. The summed E-state index contributed by atoms with van der Waals surface area (Å²) in [6.07, 6.45) is -0.0569. The Kier molecular flexibility index (Phi) is 3.23. The van der Waals surface area contributed by atoms with Gasteiger partial charge in [0.2, 0.25) is 0 Å². The molecule has 0 aromatic rings. The van der Waals surface area contributed by atoms with E-state index in [1.54, 1.807) is 0 Å². The van der Waals surface area contributed by atoms with Crippen LogP contribution in [0.15, 0.2) is 0 Å². The van der Waals surface area contributed by atoms with Crippen molar-refractivity contribution in [3.05, 3.63) is 0 Å². The van der Waals surface area contributed by atoms with E-state index in [0.29, 0.717) is 5.92 Å². The lowest BCUT2D eigenvalue weighted by atomic mass is 10.1. The third-order valence-corrected chi connectivity index (χ3v) is 3.13. The summed E-state index contributed by atoms with van der Waals surface area (Å²) in [6, 6.07) is 0. The molecule has 2 saturated heterocycles. The van der Waals surface area contributed by atoms with Gasteiger partial charge in [-0.1, -0.05) is 6.92 Å². The average molecular weight is 215 g/mol. The second kappa shape index (κ2) is 4.47. The summed E-state index contributed by atoms with van der Waals surface area (Å²) in [5.41, 5.74) is 0. The highest BCUT2D eigenvalue weighted by molar-refractivity contribution is 5.72. The molecule has 0 aromatic heterocycles. The first-order valence-electron chi connectivity index (χ1n) is 5.43. The maximum absolute atomic E-state index is 10.7. The summed E-state index contributed by atoms with van der Waals surface area (Å²) in [6.45, 7) is 5.35. The van der Waals surface area contributed by atoms with Crippen LogP contribution in [0.25, 0.3) is 0 Å². The largest absolute Gasteiger partial charge is 0.479 e. The van der Waals surface area contributed by atoms with Gasteiger partial charge in [0.25, 0.3) is 0 Å². The topological polar surface area (TPSA) is 59.0 Å². The Bertz CT molecular complexity index is 246. The minimum Gasteiger partial charge on any atom is -0.479 e. The van der Waals surface area contributed by atoms with Gasteiger partial charge in [0.15, 0.2) is 12.4 Å². The maximum Gasteiger partial charge on any atom is 0.335 e. The second-order valence-corrected chi connectivity index (χ2v) is 4.11. The molecule has 15 heavy (non-hydrogen) atoms. The fourth-order valence-corrected chi connectivity index (χ4v) is 2.17. The van der Waals surface area contributed by atoms with E-state index in [2.05, 4.69) is 11.8 Å². The fourth-order valence-electron chi connectivity index (χ4n) is 2.17. The van der Waals surface area contributed by atoms with E-state index in [-0.39, 0.29) is 12.9 Å². The first-order valence-corrected chi connectivity index (χ1v) is 5.43. The van der Waals surface area contributed by atoms with Crippen LogP contribution in [0.1, 0.15) is 13.3 Å². The minimum atomic E-state index is -0.928. The lowest BCUT2D eigenvalue weighted by Crippen LogP contribution is -2.28. The van der Waals surface area contributed by atoms with Gasteiger partial charge in [-0.3, -0.25) is 0 Å². The van der Waals surface area contributed by atoms with Gasteiger partial charge >= 0.3 is 5.97 Å². The number of likely N-dealkylation sites (tertiary alicyclic amines) is 1. The lowest BCUT2D eigenvalue weighted by Gasteiger charge is -2.18. The molecule has 2 aliphatic heterocycles. The Balaban J connectivity index is 1.84. The van der Waals surface area contributed by atoms with E-state index >= 15 is 0 Å². The number of carboxylic acid groups (broad SMARTS) is 1. The summed E-state index contributed by atoms with van der Waals surface area (Å²) >= 11 is 0. The van der Waals surface area contributed by atoms with Crippen molar-refractivity contribution in [2.75, 3.05) is 26.2 Å². The van der Waals surface area contributed by atoms with Gasteiger partial charge < -0.3 is 19.5 Å². The van der Waals surface area contributed by atoms with Crippen molar-refractivity contribution in [3.63, 3.8) is 0 Å². The molecule has 2 fully saturated rings. The lowest BCUT2D eigenvalue weighted by molar-refractivity contribution is -0.153. The normalized spacial score (nSPS) is 37.3. The molecule has 0 amide bonds. The molecule has 0 spiro atoms. The van der Waals surface area contributed by atoms with Crippen molar-refractivity contribution in [1.82, 2.24) is 4.90 Å². The molecule has 0 saturated carbocycles. The van der Waals surface area contributed by atoms with Crippen molar-refractivity contribution in [2.24, 2.45) is 5.92 Å². The zero-order valence-electron chi connectivity index (χ0n) is 8.89. The molecule has 0 radical (unpaired) electrons. The van der Waals surface area contributed by atoms with Crippen LogP contribution < -0.4 is 0 Å². The summed E-state index contributed by atoms with van der Waals surface area (Å²) in [4.78, 5) is 13.0. The summed E-state index contributed by atoms with van der Waals surface area (Å²) < 4.78 is 10.7. The van der Waals surface area contributed by atoms with Crippen LogP contribution in [0, 0.1) is 5.92 Å². The first kappa shape index (κ1) is 10.9. The SMILES string of the molecule is CCN1CCC(C2OCC(C(=O)O)O2)C1. The van der Waals surface area contributed by atoms with Crippen LogP contribution in [0.2, 0.25) is 0 Å². The Morgan fingerprint density at radius 3 is 2.93 bits per heavy atom. The molecule has 2 rings (SSSR count). The predicted molar refractivity (Wildman–Crippen MR) is 52.5 cm³/mol.